The number of rotatable bonds is 4. The van der Waals surface area contributed by atoms with Gasteiger partial charge in [0, 0.05) is 23.5 Å². The summed E-state index contributed by atoms with van der Waals surface area (Å²) in [4.78, 5) is 4.79. The van der Waals surface area contributed by atoms with Crippen molar-refractivity contribution < 1.29 is 4.52 Å². The van der Waals surface area contributed by atoms with Crippen LogP contribution in [-0.2, 0) is 0 Å². The van der Waals surface area contributed by atoms with Crippen molar-refractivity contribution in [3.8, 4) is 0 Å². The van der Waals surface area contributed by atoms with Crippen molar-refractivity contribution in [1.29, 1.82) is 0 Å². The van der Waals surface area contributed by atoms with Gasteiger partial charge in [0.25, 0.3) is 0 Å². The molecule has 2 saturated carbocycles. The molecule has 0 amide bonds. The van der Waals surface area contributed by atoms with Gasteiger partial charge in [0.15, 0.2) is 5.82 Å². The number of nitrogens with one attached hydrogen (secondary N) is 1. The Morgan fingerprint density at radius 3 is 2.95 bits per heavy atom. The van der Waals surface area contributed by atoms with Crippen molar-refractivity contribution in [3.05, 3.63) is 11.7 Å². The molecule has 1 aromatic heterocycles. The molecule has 0 radical (unpaired) electrons. The van der Waals surface area contributed by atoms with Gasteiger partial charge in [0.05, 0.1) is 5.92 Å². The smallest absolute Gasteiger partial charge is 0.232 e. The second kappa shape index (κ2) is 5.34. The Morgan fingerprint density at radius 2 is 2.20 bits per heavy atom. The first-order valence-corrected chi connectivity index (χ1v) is 9.15. The molecular formula is C15H23N3OS. The first kappa shape index (κ1) is 13.1. The highest BCUT2D eigenvalue weighted by Crippen LogP contribution is 2.52. The van der Waals surface area contributed by atoms with Crippen molar-refractivity contribution in [1.82, 2.24) is 15.5 Å². The summed E-state index contributed by atoms with van der Waals surface area (Å²) in [6, 6.07) is 0.498. The van der Waals surface area contributed by atoms with Gasteiger partial charge in [0.1, 0.15) is 0 Å². The quantitative estimate of drug-likeness (QED) is 0.925. The fraction of sp³-hybridized carbons (Fsp3) is 0.867. The van der Waals surface area contributed by atoms with Crippen LogP contribution in [0.5, 0.6) is 0 Å². The molecule has 2 heterocycles. The lowest BCUT2D eigenvalue weighted by Crippen LogP contribution is -2.34. The second-order valence-corrected chi connectivity index (χ2v) is 7.66. The van der Waals surface area contributed by atoms with Crippen LogP contribution in [0.3, 0.4) is 0 Å². The maximum Gasteiger partial charge on any atom is 0.232 e. The lowest BCUT2D eigenvalue weighted by Gasteiger charge is -2.18. The van der Waals surface area contributed by atoms with E-state index in [1.54, 1.807) is 0 Å². The number of likely N-dealkylation sites (N-methyl/N-ethyl adjacent to an activating group) is 1. The topological polar surface area (TPSA) is 51.0 Å². The van der Waals surface area contributed by atoms with Crippen LogP contribution < -0.4 is 5.32 Å². The summed E-state index contributed by atoms with van der Waals surface area (Å²) in [5, 5.41) is 7.88. The Labute approximate surface area is 124 Å². The van der Waals surface area contributed by atoms with Crippen molar-refractivity contribution in [2.45, 2.75) is 50.5 Å². The molecule has 4 nitrogen and oxygen atoms in total. The molecule has 5 atom stereocenters. The number of thioether (sulfide) groups is 1. The number of aromatic nitrogens is 2. The number of hydrogen-bond donors (Lipinski definition) is 1. The van der Waals surface area contributed by atoms with Crippen molar-refractivity contribution in [2.75, 3.05) is 18.1 Å². The third-order valence-corrected chi connectivity index (χ3v) is 6.58. The molecule has 110 valence electrons. The summed E-state index contributed by atoms with van der Waals surface area (Å²) in [6.07, 6.45) is 5.49. The minimum Gasteiger partial charge on any atom is -0.339 e. The third-order valence-electron chi connectivity index (χ3n) is 5.39. The maximum absolute atomic E-state index is 5.63. The van der Waals surface area contributed by atoms with Crippen LogP contribution in [0.1, 0.15) is 56.2 Å². The van der Waals surface area contributed by atoms with Gasteiger partial charge in [-0.1, -0.05) is 18.5 Å². The largest absolute Gasteiger partial charge is 0.339 e. The van der Waals surface area contributed by atoms with Gasteiger partial charge in [-0.15, -0.1) is 0 Å². The van der Waals surface area contributed by atoms with E-state index in [1.807, 2.05) is 11.8 Å². The zero-order valence-electron chi connectivity index (χ0n) is 12.0. The molecule has 1 saturated heterocycles. The molecule has 1 aliphatic heterocycles. The Balaban J connectivity index is 1.50. The van der Waals surface area contributed by atoms with Gasteiger partial charge in [-0.2, -0.15) is 16.7 Å². The minimum absolute atomic E-state index is 0.403. The molecule has 1 aromatic rings. The fourth-order valence-electron chi connectivity index (χ4n) is 4.37. The van der Waals surface area contributed by atoms with Crippen molar-refractivity contribution in [3.63, 3.8) is 0 Å². The third kappa shape index (κ3) is 2.19. The summed E-state index contributed by atoms with van der Waals surface area (Å²) in [5.74, 6) is 6.88. The fourth-order valence-corrected chi connectivity index (χ4v) is 5.74. The first-order chi connectivity index (χ1) is 9.85. The molecule has 5 unspecified atom stereocenters. The average molecular weight is 293 g/mol. The van der Waals surface area contributed by atoms with Gasteiger partial charge in [-0.05, 0) is 37.6 Å². The van der Waals surface area contributed by atoms with Gasteiger partial charge in [0.2, 0.25) is 5.89 Å². The number of hydrogen-bond acceptors (Lipinski definition) is 5. The van der Waals surface area contributed by atoms with Crippen LogP contribution in [0.2, 0.25) is 0 Å². The highest BCUT2D eigenvalue weighted by atomic mass is 32.2. The van der Waals surface area contributed by atoms with E-state index < -0.39 is 0 Å². The normalized spacial score (nSPS) is 39.8. The zero-order valence-corrected chi connectivity index (χ0v) is 12.9. The van der Waals surface area contributed by atoms with E-state index in [1.165, 1.54) is 25.7 Å². The van der Waals surface area contributed by atoms with Gasteiger partial charge in [-0.3, -0.25) is 0 Å². The Hall–Kier alpha value is -0.550. The first-order valence-electron chi connectivity index (χ1n) is 7.99. The summed E-state index contributed by atoms with van der Waals surface area (Å²) in [6.45, 7) is 3.17. The van der Waals surface area contributed by atoms with E-state index in [0.717, 1.165) is 41.6 Å². The predicted octanol–water partition coefficient (Wildman–Crippen LogP) is 2.78. The SMILES string of the molecule is CCNC1CSCC1c1nc(C2CC3CCC2C3)no1. The molecule has 0 spiro atoms. The van der Waals surface area contributed by atoms with Gasteiger partial charge in [-0.25, -0.2) is 0 Å². The van der Waals surface area contributed by atoms with Gasteiger partial charge < -0.3 is 9.84 Å². The summed E-state index contributed by atoms with van der Waals surface area (Å²) < 4.78 is 5.63. The van der Waals surface area contributed by atoms with E-state index in [2.05, 4.69) is 17.4 Å². The second-order valence-electron chi connectivity index (χ2n) is 6.58. The summed E-state index contributed by atoms with van der Waals surface area (Å²) in [5.41, 5.74) is 0. The van der Waals surface area contributed by atoms with Crippen LogP contribution >= 0.6 is 11.8 Å². The highest BCUT2D eigenvalue weighted by molar-refractivity contribution is 7.99. The Kier molecular flexibility index (Phi) is 3.50. The van der Waals surface area contributed by atoms with Crippen LogP contribution in [0, 0.1) is 11.8 Å². The molecule has 0 aromatic carbocycles. The van der Waals surface area contributed by atoms with Crippen molar-refractivity contribution >= 4 is 11.8 Å². The number of nitrogens with zero attached hydrogens (tertiary/aromatic N) is 2. The molecule has 2 bridgehead atoms. The van der Waals surface area contributed by atoms with Crippen LogP contribution in [0.4, 0.5) is 0 Å². The van der Waals surface area contributed by atoms with E-state index in [9.17, 15) is 0 Å². The summed E-state index contributed by atoms with van der Waals surface area (Å²) >= 11 is 1.99. The molecular weight excluding hydrogens is 270 g/mol. The molecule has 3 fully saturated rings. The summed E-state index contributed by atoms with van der Waals surface area (Å²) in [7, 11) is 0. The molecule has 3 aliphatic rings. The monoisotopic (exact) mass is 293 g/mol. The Bertz CT molecular complexity index is 477. The van der Waals surface area contributed by atoms with Crippen LogP contribution in [0.25, 0.3) is 0 Å². The molecule has 20 heavy (non-hydrogen) atoms. The zero-order chi connectivity index (χ0) is 13.5. The molecule has 1 N–H and O–H groups in total. The standard InChI is InChI=1S/C15H23N3OS/c1-2-16-13-8-20-7-12(13)15-17-14(18-19-15)11-6-9-3-4-10(11)5-9/h9-13,16H,2-8H2,1H3. The lowest BCUT2D eigenvalue weighted by atomic mass is 9.88. The minimum atomic E-state index is 0.403. The molecule has 2 aliphatic carbocycles. The van der Waals surface area contributed by atoms with Crippen LogP contribution in [0.15, 0.2) is 4.52 Å². The lowest BCUT2D eigenvalue weighted by molar-refractivity contribution is 0.328. The van der Waals surface area contributed by atoms with E-state index in [0.29, 0.717) is 17.9 Å². The highest BCUT2D eigenvalue weighted by Gasteiger charge is 2.43. The average Bonchev–Trinajstić information content (AvgIpc) is 3.22. The van der Waals surface area contributed by atoms with E-state index >= 15 is 0 Å². The van der Waals surface area contributed by atoms with Crippen molar-refractivity contribution in [2.24, 2.45) is 11.8 Å². The maximum atomic E-state index is 5.63. The van der Waals surface area contributed by atoms with E-state index in [4.69, 9.17) is 9.51 Å². The number of fused-ring (bicyclic) bond motifs is 2. The predicted molar refractivity (Wildman–Crippen MR) is 80.0 cm³/mol. The van der Waals surface area contributed by atoms with Crippen LogP contribution in [-0.4, -0.2) is 34.2 Å². The Morgan fingerprint density at radius 1 is 1.25 bits per heavy atom. The van der Waals surface area contributed by atoms with Gasteiger partial charge >= 0.3 is 0 Å². The molecule has 5 heteroatoms. The molecule has 4 rings (SSSR count). The van der Waals surface area contributed by atoms with E-state index in [-0.39, 0.29) is 0 Å².